The van der Waals surface area contributed by atoms with Crippen molar-refractivity contribution in [3.05, 3.63) is 58.5 Å². The highest BCUT2D eigenvalue weighted by Gasteiger charge is 2.25. The Kier molecular flexibility index (Phi) is 4.28. The Morgan fingerprint density at radius 1 is 1.12 bits per heavy atom. The normalized spacial score (nSPS) is 14.9. The third-order valence-corrected chi connectivity index (χ3v) is 4.98. The Bertz CT molecular complexity index is 975. The van der Waals surface area contributed by atoms with E-state index in [4.69, 9.17) is 11.6 Å². The van der Waals surface area contributed by atoms with Crippen molar-refractivity contribution in [1.29, 1.82) is 0 Å². The Hall–Kier alpha value is -2.60. The van der Waals surface area contributed by atoms with Crippen LogP contribution in [0.3, 0.4) is 0 Å². The lowest BCUT2D eigenvalue weighted by atomic mass is 10.2. The standard InChI is InChI=1S/C19H20ClN5O/c1-13-10-14(2)25-18(22-13)17(12-21-25)19(26)24-8-6-23(7-9-24)16-5-3-4-15(20)11-16/h3-5,10-12H,6-9H2,1-2H3. The molecular weight excluding hydrogens is 350 g/mol. The predicted molar refractivity (Wildman–Crippen MR) is 102 cm³/mol. The zero-order chi connectivity index (χ0) is 18.3. The monoisotopic (exact) mass is 369 g/mol. The van der Waals surface area contributed by atoms with Gasteiger partial charge in [-0.1, -0.05) is 17.7 Å². The van der Waals surface area contributed by atoms with E-state index in [1.54, 1.807) is 10.7 Å². The molecule has 0 bridgehead atoms. The molecule has 1 amide bonds. The van der Waals surface area contributed by atoms with E-state index in [1.165, 1.54) is 0 Å². The quantitative estimate of drug-likeness (QED) is 0.697. The van der Waals surface area contributed by atoms with Gasteiger partial charge in [-0.05, 0) is 38.1 Å². The van der Waals surface area contributed by atoms with E-state index in [-0.39, 0.29) is 5.91 Å². The number of hydrogen-bond acceptors (Lipinski definition) is 4. The summed E-state index contributed by atoms with van der Waals surface area (Å²) in [5.74, 6) is -0.0109. The number of rotatable bonds is 2. The maximum Gasteiger partial charge on any atom is 0.259 e. The highest BCUT2D eigenvalue weighted by atomic mass is 35.5. The van der Waals surface area contributed by atoms with Gasteiger partial charge in [0.25, 0.3) is 5.91 Å². The molecule has 0 radical (unpaired) electrons. The average molecular weight is 370 g/mol. The summed E-state index contributed by atoms with van der Waals surface area (Å²) in [7, 11) is 0. The first kappa shape index (κ1) is 16.8. The van der Waals surface area contributed by atoms with Crippen molar-refractivity contribution in [2.45, 2.75) is 13.8 Å². The highest BCUT2D eigenvalue weighted by Crippen LogP contribution is 2.22. The fourth-order valence-corrected chi connectivity index (χ4v) is 3.62. The number of amides is 1. The van der Waals surface area contributed by atoms with E-state index in [9.17, 15) is 4.79 Å². The van der Waals surface area contributed by atoms with Gasteiger partial charge in [0, 0.05) is 48.3 Å². The molecule has 0 atom stereocenters. The van der Waals surface area contributed by atoms with E-state index in [2.05, 4.69) is 15.0 Å². The zero-order valence-electron chi connectivity index (χ0n) is 14.8. The van der Waals surface area contributed by atoms with Crippen molar-refractivity contribution in [2.24, 2.45) is 0 Å². The van der Waals surface area contributed by atoms with Crippen LogP contribution in [0.1, 0.15) is 21.7 Å². The second kappa shape index (κ2) is 6.61. The van der Waals surface area contributed by atoms with Crippen molar-refractivity contribution in [1.82, 2.24) is 19.5 Å². The molecule has 26 heavy (non-hydrogen) atoms. The van der Waals surface area contributed by atoms with Gasteiger partial charge in [-0.2, -0.15) is 5.10 Å². The minimum Gasteiger partial charge on any atom is -0.368 e. The first-order chi connectivity index (χ1) is 12.5. The number of hydrogen-bond donors (Lipinski definition) is 0. The van der Waals surface area contributed by atoms with Crippen molar-refractivity contribution >= 4 is 28.8 Å². The summed E-state index contributed by atoms with van der Waals surface area (Å²) in [4.78, 5) is 21.6. The maximum absolute atomic E-state index is 13.0. The van der Waals surface area contributed by atoms with Gasteiger partial charge in [-0.15, -0.1) is 0 Å². The minimum atomic E-state index is -0.0109. The van der Waals surface area contributed by atoms with Crippen molar-refractivity contribution < 1.29 is 4.79 Å². The third-order valence-electron chi connectivity index (χ3n) is 4.75. The first-order valence-electron chi connectivity index (χ1n) is 8.65. The third kappa shape index (κ3) is 3.01. The lowest BCUT2D eigenvalue weighted by molar-refractivity contribution is 0.0748. The second-order valence-electron chi connectivity index (χ2n) is 6.59. The molecule has 0 saturated carbocycles. The van der Waals surface area contributed by atoms with Crippen LogP contribution in [0, 0.1) is 13.8 Å². The molecule has 1 saturated heterocycles. The fraction of sp³-hybridized carbons (Fsp3) is 0.316. The molecule has 1 aliphatic rings. The van der Waals surface area contributed by atoms with Crippen LogP contribution in [0.4, 0.5) is 5.69 Å². The largest absolute Gasteiger partial charge is 0.368 e. The van der Waals surface area contributed by atoms with Crippen LogP contribution in [0.25, 0.3) is 5.65 Å². The molecule has 3 aromatic rings. The Balaban J connectivity index is 1.52. The van der Waals surface area contributed by atoms with Gasteiger partial charge in [0.05, 0.1) is 6.20 Å². The smallest absolute Gasteiger partial charge is 0.259 e. The Labute approximate surface area is 157 Å². The number of fused-ring (bicyclic) bond motifs is 1. The summed E-state index contributed by atoms with van der Waals surface area (Å²) in [6.45, 7) is 6.76. The second-order valence-corrected chi connectivity index (χ2v) is 7.03. The molecule has 3 heterocycles. The lowest BCUT2D eigenvalue weighted by Gasteiger charge is -2.36. The Morgan fingerprint density at radius 3 is 2.62 bits per heavy atom. The lowest BCUT2D eigenvalue weighted by Crippen LogP contribution is -2.48. The van der Waals surface area contributed by atoms with E-state index in [1.807, 2.05) is 49.1 Å². The number of carbonyl (C=O) groups is 1. The van der Waals surface area contributed by atoms with E-state index in [0.717, 1.165) is 35.2 Å². The highest BCUT2D eigenvalue weighted by molar-refractivity contribution is 6.30. The average Bonchev–Trinajstić information content (AvgIpc) is 3.05. The van der Waals surface area contributed by atoms with Crippen molar-refractivity contribution in [3.63, 3.8) is 0 Å². The molecule has 134 valence electrons. The van der Waals surface area contributed by atoms with Gasteiger partial charge in [0.2, 0.25) is 0 Å². The van der Waals surface area contributed by atoms with Crippen LogP contribution >= 0.6 is 11.6 Å². The van der Waals surface area contributed by atoms with Gasteiger partial charge in [0.15, 0.2) is 5.65 Å². The molecule has 1 fully saturated rings. The fourth-order valence-electron chi connectivity index (χ4n) is 3.43. The summed E-state index contributed by atoms with van der Waals surface area (Å²) in [6, 6.07) is 9.78. The number of benzene rings is 1. The van der Waals surface area contributed by atoms with Crippen molar-refractivity contribution in [3.8, 4) is 0 Å². The number of aromatic nitrogens is 3. The number of carbonyl (C=O) groups excluding carboxylic acids is 1. The summed E-state index contributed by atoms with van der Waals surface area (Å²) < 4.78 is 1.72. The number of halogens is 1. The Morgan fingerprint density at radius 2 is 1.88 bits per heavy atom. The van der Waals surface area contributed by atoms with Crippen LogP contribution in [0.2, 0.25) is 5.02 Å². The summed E-state index contributed by atoms with van der Waals surface area (Å²) in [6.07, 6.45) is 1.63. The topological polar surface area (TPSA) is 53.7 Å². The molecule has 7 heteroatoms. The first-order valence-corrected chi connectivity index (χ1v) is 9.02. The zero-order valence-corrected chi connectivity index (χ0v) is 15.6. The molecule has 6 nitrogen and oxygen atoms in total. The van der Waals surface area contributed by atoms with Gasteiger partial charge in [0.1, 0.15) is 5.56 Å². The number of piperazine rings is 1. The summed E-state index contributed by atoms with van der Waals surface area (Å²) in [5, 5.41) is 5.06. The van der Waals surface area contributed by atoms with Crippen molar-refractivity contribution in [2.75, 3.05) is 31.1 Å². The maximum atomic E-state index is 13.0. The molecule has 1 aliphatic heterocycles. The van der Waals surface area contributed by atoms with Gasteiger partial charge >= 0.3 is 0 Å². The number of aryl methyl sites for hydroxylation is 2. The summed E-state index contributed by atoms with van der Waals surface area (Å²) in [5.41, 5.74) is 4.14. The molecule has 0 unspecified atom stereocenters. The van der Waals surface area contributed by atoms with Crippen LogP contribution in [-0.4, -0.2) is 51.6 Å². The van der Waals surface area contributed by atoms with Gasteiger partial charge in [-0.3, -0.25) is 4.79 Å². The number of anilines is 1. The van der Waals surface area contributed by atoms with Crippen LogP contribution in [0.15, 0.2) is 36.5 Å². The number of nitrogens with zero attached hydrogens (tertiary/aromatic N) is 5. The SMILES string of the molecule is Cc1cc(C)n2ncc(C(=O)N3CCN(c4cccc(Cl)c4)CC3)c2n1. The molecule has 0 aliphatic carbocycles. The molecule has 0 N–H and O–H groups in total. The molecule has 0 spiro atoms. The summed E-state index contributed by atoms with van der Waals surface area (Å²) >= 11 is 6.08. The molecular formula is C19H20ClN5O. The van der Waals surface area contributed by atoms with E-state index in [0.29, 0.717) is 24.3 Å². The van der Waals surface area contributed by atoms with E-state index < -0.39 is 0 Å². The molecule has 2 aromatic heterocycles. The van der Waals surface area contributed by atoms with Crippen LogP contribution in [0.5, 0.6) is 0 Å². The van der Waals surface area contributed by atoms with Gasteiger partial charge < -0.3 is 9.80 Å². The van der Waals surface area contributed by atoms with E-state index >= 15 is 0 Å². The predicted octanol–water partition coefficient (Wildman–Crippen LogP) is 2.96. The van der Waals surface area contributed by atoms with Gasteiger partial charge in [-0.25, -0.2) is 9.50 Å². The van der Waals surface area contributed by atoms with Crippen LogP contribution < -0.4 is 4.90 Å². The molecule has 1 aromatic carbocycles. The van der Waals surface area contributed by atoms with Crippen LogP contribution in [-0.2, 0) is 0 Å². The molecule has 4 rings (SSSR count). The minimum absolute atomic E-state index is 0.0109.